The van der Waals surface area contributed by atoms with Gasteiger partial charge in [-0.1, -0.05) is 6.92 Å². The van der Waals surface area contributed by atoms with Gasteiger partial charge < -0.3 is 2.85 Å². The Morgan fingerprint density at radius 2 is 2.11 bits per heavy atom. The van der Waals surface area contributed by atoms with Crippen LogP contribution in [0.5, 0.6) is 0 Å². The normalized spacial score (nSPS) is 10.2. The third-order valence-electron chi connectivity index (χ3n) is 0.698. The first-order chi connectivity index (χ1) is 3.81. The molecule has 0 saturated carbocycles. The Morgan fingerprint density at radius 3 is 2.44 bits per heavy atom. The summed E-state index contributed by atoms with van der Waals surface area (Å²) in [6.07, 6.45) is 1.58. The van der Waals surface area contributed by atoms with Crippen molar-refractivity contribution < 1.29 is 11.9 Å². The molecule has 0 saturated heterocycles. The van der Waals surface area contributed by atoms with E-state index in [1.165, 1.54) is 0 Å². The molecular weight excluding hydrogens is 260 g/mol. The number of hydrogen-bond donors (Lipinski definition) is 0. The van der Waals surface area contributed by atoms with E-state index in [9.17, 15) is 4.57 Å². The second kappa shape index (κ2) is 9.63. The van der Waals surface area contributed by atoms with Crippen molar-refractivity contribution >= 4 is 56.9 Å². The zero-order valence-electron chi connectivity index (χ0n) is 8.09. The van der Waals surface area contributed by atoms with Gasteiger partial charge in [-0.15, -0.1) is 4.52 Å². The first kappa shape index (κ1) is 13.2. The predicted octanol–water partition coefficient (Wildman–Crippen LogP) is 2.02. The standard InChI is InChI=1S/C5H12O2P.Ba.2H/c1-3-5-7-8(6)4-2;;;/h3-5H2,1-2H3;;;/q+1;+2;2*-1. The summed E-state index contributed by atoms with van der Waals surface area (Å²) in [7, 11) is -1.33. The van der Waals surface area contributed by atoms with Crippen LogP contribution in [-0.2, 0) is 9.09 Å². The van der Waals surface area contributed by atoms with E-state index in [4.69, 9.17) is 4.52 Å². The minimum absolute atomic E-state index is 0. The molecule has 0 fully saturated rings. The average Bonchev–Trinajstić information content (AvgIpc) is 1.83. The van der Waals surface area contributed by atoms with Gasteiger partial charge in [-0.05, 0) is 17.9 Å². The molecule has 0 aromatic carbocycles. The van der Waals surface area contributed by atoms with Gasteiger partial charge in [-0.2, -0.15) is 0 Å². The van der Waals surface area contributed by atoms with Crippen LogP contribution in [0.4, 0.5) is 0 Å². The summed E-state index contributed by atoms with van der Waals surface area (Å²) < 4.78 is 15.3. The quantitative estimate of drug-likeness (QED) is 0.579. The van der Waals surface area contributed by atoms with Crippen LogP contribution in [0.15, 0.2) is 0 Å². The van der Waals surface area contributed by atoms with Gasteiger partial charge in [0.05, 0.1) is 0 Å². The van der Waals surface area contributed by atoms with Gasteiger partial charge in [-0.3, -0.25) is 0 Å². The smallest absolute Gasteiger partial charge is 1.00 e. The van der Waals surface area contributed by atoms with Gasteiger partial charge >= 0.3 is 56.9 Å². The van der Waals surface area contributed by atoms with Crippen molar-refractivity contribution in [3.63, 3.8) is 0 Å². The van der Waals surface area contributed by atoms with E-state index in [0.29, 0.717) is 12.8 Å². The van der Waals surface area contributed by atoms with E-state index in [1.54, 1.807) is 0 Å². The molecule has 1 unspecified atom stereocenters. The average molecular weight is 274 g/mol. The summed E-state index contributed by atoms with van der Waals surface area (Å²) in [5.74, 6) is 0. The van der Waals surface area contributed by atoms with E-state index < -0.39 is 8.03 Å². The fourth-order valence-corrected chi connectivity index (χ4v) is 0.853. The molecule has 0 bridgehead atoms. The topological polar surface area (TPSA) is 26.3 Å². The summed E-state index contributed by atoms with van der Waals surface area (Å²) in [5.41, 5.74) is 0. The summed E-state index contributed by atoms with van der Waals surface area (Å²) in [4.78, 5) is 0. The van der Waals surface area contributed by atoms with Crippen LogP contribution in [0.1, 0.15) is 23.1 Å². The molecule has 0 rings (SSSR count). The number of rotatable bonds is 4. The molecule has 9 heavy (non-hydrogen) atoms. The Bertz CT molecular complexity index is 84.9. The van der Waals surface area contributed by atoms with E-state index in [0.717, 1.165) is 6.42 Å². The maximum atomic E-state index is 10.5. The van der Waals surface area contributed by atoms with Crippen LogP contribution in [0.3, 0.4) is 0 Å². The van der Waals surface area contributed by atoms with Gasteiger partial charge in [0.1, 0.15) is 6.61 Å². The Balaban J connectivity index is -0.0000000817. The first-order valence-electron chi connectivity index (χ1n) is 2.88. The third-order valence-corrected chi connectivity index (χ3v) is 1.68. The molecule has 0 aliphatic heterocycles. The zero-order chi connectivity index (χ0) is 6.41. The van der Waals surface area contributed by atoms with Gasteiger partial charge in [0.25, 0.3) is 0 Å². The molecule has 0 aromatic rings. The van der Waals surface area contributed by atoms with Crippen molar-refractivity contribution in [1.82, 2.24) is 0 Å². The van der Waals surface area contributed by atoms with E-state index in [2.05, 4.69) is 0 Å². The maximum absolute atomic E-state index is 10.5. The van der Waals surface area contributed by atoms with Crippen molar-refractivity contribution in [2.24, 2.45) is 0 Å². The molecule has 0 amide bonds. The van der Waals surface area contributed by atoms with Gasteiger partial charge in [-0.25, -0.2) is 0 Å². The molecule has 0 heterocycles. The van der Waals surface area contributed by atoms with E-state index >= 15 is 0 Å². The minimum atomic E-state index is -1.33. The monoisotopic (exact) mass is 275 g/mol. The summed E-state index contributed by atoms with van der Waals surface area (Å²) in [6, 6.07) is 0. The predicted molar refractivity (Wildman–Crippen MR) is 42.4 cm³/mol. The first-order valence-corrected chi connectivity index (χ1v) is 4.25. The van der Waals surface area contributed by atoms with Crippen LogP contribution < -0.4 is 0 Å². The zero-order valence-corrected chi connectivity index (χ0v) is 11.4. The fraction of sp³-hybridized carbons (Fsp3) is 1.00. The Kier molecular flexibility index (Phi) is 14.2. The molecule has 0 aromatic heterocycles. The molecule has 0 N–H and O–H groups in total. The van der Waals surface area contributed by atoms with Gasteiger partial charge in [0.2, 0.25) is 0 Å². The van der Waals surface area contributed by atoms with Crippen LogP contribution in [0.25, 0.3) is 0 Å². The second-order valence-corrected chi connectivity index (χ2v) is 3.04. The van der Waals surface area contributed by atoms with Crippen LogP contribution >= 0.6 is 8.03 Å². The summed E-state index contributed by atoms with van der Waals surface area (Å²) in [5, 5.41) is 0. The molecule has 2 nitrogen and oxygen atoms in total. The molecule has 0 spiro atoms. The Morgan fingerprint density at radius 1 is 1.56 bits per heavy atom. The molecule has 0 radical (unpaired) electrons. The maximum Gasteiger partial charge on any atom is 2.00 e. The van der Waals surface area contributed by atoms with E-state index in [-0.39, 0.29) is 51.7 Å². The van der Waals surface area contributed by atoms with Gasteiger partial charge in [0.15, 0.2) is 6.16 Å². The molecule has 52 valence electrons. The van der Waals surface area contributed by atoms with Gasteiger partial charge in [0, 0.05) is 0 Å². The summed E-state index contributed by atoms with van der Waals surface area (Å²) in [6.45, 7) is 4.48. The van der Waals surface area contributed by atoms with Crippen molar-refractivity contribution in [2.75, 3.05) is 12.8 Å². The van der Waals surface area contributed by atoms with Crippen molar-refractivity contribution in [3.05, 3.63) is 0 Å². The third kappa shape index (κ3) is 9.63. The second-order valence-electron chi connectivity index (χ2n) is 1.48. The minimum Gasteiger partial charge on any atom is -1.00 e. The van der Waals surface area contributed by atoms with Crippen molar-refractivity contribution in [1.29, 1.82) is 0 Å². The van der Waals surface area contributed by atoms with Crippen molar-refractivity contribution in [3.8, 4) is 0 Å². The van der Waals surface area contributed by atoms with Crippen LogP contribution in [-0.4, -0.2) is 61.6 Å². The van der Waals surface area contributed by atoms with Crippen LogP contribution in [0.2, 0.25) is 0 Å². The molecular formula is C5H14BaO2P+. The van der Waals surface area contributed by atoms with Crippen LogP contribution in [0, 0.1) is 0 Å². The SMILES string of the molecule is CCCO[P+](=O)CC.[Ba+2].[H-].[H-]. The number of hydrogen-bond acceptors (Lipinski definition) is 2. The molecule has 0 aliphatic carbocycles. The molecule has 1 atom stereocenters. The van der Waals surface area contributed by atoms with E-state index in [1.807, 2.05) is 13.8 Å². The molecule has 0 aliphatic rings. The fourth-order valence-electron chi connectivity index (χ4n) is 0.284. The Hall–Kier alpha value is 1.63. The largest absolute Gasteiger partial charge is 2.00 e. The summed E-state index contributed by atoms with van der Waals surface area (Å²) >= 11 is 0. The van der Waals surface area contributed by atoms with Crippen molar-refractivity contribution in [2.45, 2.75) is 20.3 Å². The Labute approximate surface area is 101 Å². The molecule has 4 heteroatoms.